The van der Waals surface area contributed by atoms with Crippen LogP contribution in [0.25, 0.3) is 0 Å². The lowest BCUT2D eigenvalue weighted by Gasteiger charge is -2.44. The van der Waals surface area contributed by atoms with Crippen molar-refractivity contribution in [3.05, 3.63) is 70.2 Å². The van der Waals surface area contributed by atoms with E-state index in [1.807, 2.05) is 61.2 Å². The summed E-state index contributed by atoms with van der Waals surface area (Å²) in [5.74, 6) is 0.256. The Morgan fingerprint density at radius 2 is 1.68 bits per heavy atom. The number of carbonyl (C=O) groups is 3. The van der Waals surface area contributed by atoms with Gasteiger partial charge in [-0.05, 0) is 69.2 Å². The average molecular weight is 582 g/mol. The van der Waals surface area contributed by atoms with E-state index in [-0.39, 0.29) is 35.8 Å². The van der Waals surface area contributed by atoms with Crippen molar-refractivity contribution in [3.8, 4) is 0 Å². The van der Waals surface area contributed by atoms with Crippen molar-refractivity contribution >= 4 is 33.8 Å². The second-order valence-electron chi connectivity index (χ2n) is 11.2. The lowest BCUT2D eigenvalue weighted by molar-refractivity contribution is -0.136. The molecule has 1 saturated carbocycles. The molecule has 0 bridgehead atoms. The highest BCUT2D eigenvalue weighted by molar-refractivity contribution is 9.10. The Kier molecular flexibility index (Phi) is 7.91. The SMILES string of the molecule is CC(C)N1C(=O)N(Cc2ccc(Br)cc2)C(=O)C12CCN(CC[C@H](NC(=O)C1CC1)c1ccccc1)CC2. The molecule has 0 radical (unpaired) electrons. The maximum absolute atomic E-state index is 13.8. The molecule has 7 nitrogen and oxygen atoms in total. The molecule has 0 aromatic heterocycles. The van der Waals surface area contributed by atoms with Crippen molar-refractivity contribution in [2.24, 2.45) is 5.92 Å². The Morgan fingerprint density at radius 1 is 1.03 bits per heavy atom. The van der Waals surface area contributed by atoms with Crippen LogP contribution in [-0.2, 0) is 16.1 Å². The van der Waals surface area contributed by atoms with E-state index in [0.717, 1.165) is 54.5 Å². The average Bonchev–Trinajstić information content (AvgIpc) is 3.74. The van der Waals surface area contributed by atoms with Gasteiger partial charge in [0.15, 0.2) is 0 Å². The highest BCUT2D eigenvalue weighted by Crippen LogP contribution is 2.40. The smallest absolute Gasteiger partial charge is 0.328 e. The summed E-state index contributed by atoms with van der Waals surface area (Å²) in [5, 5.41) is 3.27. The van der Waals surface area contributed by atoms with Crippen LogP contribution in [0.4, 0.5) is 4.79 Å². The zero-order valence-corrected chi connectivity index (χ0v) is 23.8. The molecule has 202 valence electrons. The lowest BCUT2D eigenvalue weighted by atomic mass is 9.84. The maximum Gasteiger partial charge on any atom is 0.328 e. The number of amides is 4. The molecule has 2 aromatic rings. The Balaban J connectivity index is 1.24. The molecule has 3 aliphatic rings. The van der Waals surface area contributed by atoms with Gasteiger partial charge < -0.3 is 15.1 Å². The molecule has 5 rings (SSSR count). The number of imide groups is 1. The highest BCUT2D eigenvalue weighted by atomic mass is 79.9. The molecule has 2 heterocycles. The van der Waals surface area contributed by atoms with Gasteiger partial charge in [-0.25, -0.2) is 4.79 Å². The summed E-state index contributed by atoms with van der Waals surface area (Å²) in [5.41, 5.74) is 1.28. The third-order valence-corrected chi connectivity index (χ3v) is 8.72. The minimum Gasteiger partial charge on any atom is -0.349 e. The second-order valence-corrected chi connectivity index (χ2v) is 12.1. The number of urea groups is 1. The summed E-state index contributed by atoms with van der Waals surface area (Å²) in [7, 11) is 0. The topological polar surface area (TPSA) is 73.0 Å². The number of halogens is 1. The predicted molar refractivity (Wildman–Crippen MR) is 150 cm³/mol. The van der Waals surface area contributed by atoms with Gasteiger partial charge in [0.05, 0.1) is 12.6 Å². The third-order valence-electron chi connectivity index (χ3n) is 8.20. The summed E-state index contributed by atoms with van der Waals surface area (Å²) >= 11 is 3.45. The summed E-state index contributed by atoms with van der Waals surface area (Å²) in [6.45, 7) is 6.59. The van der Waals surface area contributed by atoms with E-state index >= 15 is 0 Å². The van der Waals surface area contributed by atoms with Gasteiger partial charge in [0.25, 0.3) is 5.91 Å². The minimum atomic E-state index is -0.782. The number of hydrogen-bond donors (Lipinski definition) is 1. The Morgan fingerprint density at radius 3 is 2.29 bits per heavy atom. The summed E-state index contributed by atoms with van der Waals surface area (Å²) in [6.07, 6.45) is 4.03. The number of nitrogens with one attached hydrogen (secondary N) is 1. The van der Waals surface area contributed by atoms with Crippen LogP contribution in [0.15, 0.2) is 59.1 Å². The second kappa shape index (κ2) is 11.2. The number of benzene rings is 2. The fourth-order valence-corrected chi connectivity index (χ4v) is 6.20. The number of carbonyl (C=O) groups excluding carboxylic acids is 3. The van der Waals surface area contributed by atoms with Gasteiger partial charge in [0.1, 0.15) is 5.54 Å². The zero-order chi connectivity index (χ0) is 26.9. The molecule has 8 heteroatoms. The van der Waals surface area contributed by atoms with E-state index in [2.05, 4.69) is 38.3 Å². The number of likely N-dealkylation sites (tertiary alicyclic amines) is 1. The lowest BCUT2D eigenvalue weighted by Crippen LogP contribution is -2.58. The first-order valence-corrected chi connectivity index (χ1v) is 14.6. The van der Waals surface area contributed by atoms with Gasteiger partial charge in [-0.2, -0.15) is 0 Å². The number of piperidine rings is 1. The van der Waals surface area contributed by atoms with Crippen molar-refractivity contribution in [2.75, 3.05) is 19.6 Å². The van der Waals surface area contributed by atoms with Crippen molar-refractivity contribution in [1.29, 1.82) is 0 Å². The van der Waals surface area contributed by atoms with Gasteiger partial charge >= 0.3 is 6.03 Å². The molecule has 2 saturated heterocycles. The van der Waals surface area contributed by atoms with E-state index in [9.17, 15) is 14.4 Å². The normalized spacial score (nSPS) is 20.4. The molecule has 1 N–H and O–H groups in total. The molecule has 1 spiro atoms. The molecule has 2 aliphatic heterocycles. The van der Waals surface area contributed by atoms with Gasteiger partial charge in [-0.1, -0.05) is 58.4 Å². The molecule has 1 aliphatic carbocycles. The van der Waals surface area contributed by atoms with Crippen LogP contribution in [0, 0.1) is 5.92 Å². The van der Waals surface area contributed by atoms with Crippen LogP contribution in [0.5, 0.6) is 0 Å². The van der Waals surface area contributed by atoms with Crippen molar-refractivity contribution in [3.63, 3.8) is 0 Å². The summed E-state index contributed by atoms with van der Waals surface area (Å²) in [6, 6.07) is 17.7. The molecular weight excluding hydrogens is 544 g/mol. The highest BCUT2D eigenvalue weighted by Gasteiger charge is 2.58. The van der Waals surface area contributed by atoms with Crippen LogP contribution >= 0.6 is 15.9 Å². The Hall–Kier alpha value is -2.71. The van der Waals surface area contributed by atoms with Crippen LogP contribution < -0.4 is 5.32 Å². The molecule has 3 fully saturated rings. The predicted octanol–water partition coefficient (Wildman–Crippen LogP) is 5.11. The molecule has 2 aromatic carbocycles. The quantitative estimate of drug-likeness (QED) is 0.418. The Labute approximate surface area is 233 Å². The minimum absolute atomic E-state index is 0.0246. The van der Waals surface area contributed by atoms with E-state index in [1.54, 1.807) is 0 Å². The van der Waals surface area contributed by atoms with Crippen LogP contribution in [0.2, 0.25) is 0 Å². The van der Waals surface area contributed by atoms with Crippen molar-refractivity contribution in [2.45, 2.75) is 70.1 Å². The zero-order valence-electron chi connectivity index (χ0n) is 22.2. The molecule has 0 unspecified atom stereocenters. The monoisotopic (exact) mass is 580 g/mol. The van der Waals surface area contributed by atoms with Gasteiger partial charge in [-0.15, -0.1) is 0 Å². The van der Waals surface area contributed by atoms with Gasteiger partial charge in [0.2, 0.25) is 5.91 Å². The van der Waals surface area contributed by atoms with Crippen LogP contribution in [0.3, 0.4) is 0 Å². The fraction of sp³-hybridized carbons (Fsp3) is 0.500. The molecule has 1 atom stereocenters. The molecule has 38 heavy (non-hydrogen) atoms. The summed E-state index contributed by atoms with van der Waals surface area (Å²) in [4.78, 5) is 45.5. The number of rotatable bonds is 9. The number of nitrogens with zero attached hydrogens (tertiary/aromatic N) is 3. The summed E-state index contributed by atoms with van der Waals surface area (Å²) < 4.78 is 0.967. The Bertz CT molecular complexity index is 1160. The largest absolute Gasteiger partial charge is 0.349 e. The number of hydrogen-bond acceptors (Lipinski definition) is 4. The molecular formula is C30H37BrN4O3. The van der Waals surface area contributed by atoms with E-state index in [1.165, 1.54) is 4.90 Å². The van der Waals surface area contributed by atoms with Gasteiger partial charge in [0, 0.05) is 36.1 Å². The first-order valence-electron chi connectivity index (χ1n) is 13.8. The fourth-order valence-electron chi connectivity index (χ4n) is 5.94. The van der Waals surface area contributed by atoms with Crippen molar-refractivity contribution in [1.82, 2.24) is 20.0 Å². The van der Waals surface area contributed by atoms with E-state index in [0.29, 0.717) is 19.4 Å². The maximum atomic E-state index is 13.8. The third kappa shape index (κ3) is 5.52. The van der Waals surface area contributed by atoms with Gasteiger partial charge in [-0.3, -0.25) is 14.5 Å². The van der Waals surface area contributed by atoms with Crippen molar-refractivity contribution < 1.29 is 14.4 Å². The molecule has 4 amide bonds. The van der Waals surface area contributed by atoms with E-state index < -0.39 is 5.54 Å². The van der Waals surface area contributed by atoms with E-state index in [4.69, 9.17) is 0 Å². The van der Waals surface area contributed by atoms with Crippen LogP contribution in [0.1, 0.15) is 63.1 Å². The first-order chi connectivity index (χ1) is 18.3. The first kappa shape index (κ1) is 26.9. The standard InChI is InChI=1S/C30H37BrN4O3/c1-21(2)35-29(38)34(20-22-8-12-25(31)13-9-22)28(37)30(35)15-18-33(19-16-30)17-14-26(23-6-4-3-5-7-23)32-27(36)24-10-11-24/h3-9,12-13,21,24,26H,10-11,14-20H2,1-2H3,(H,32,36)/t26-/m0/s1. The van der Waals surface area contributed by atoms with Crippen LogP contribution in [-0.4, -0.2) is 63.8 Å².